The quantitative estimate of drug-likeness (QED) is 0.381. The first-order valence-electron chi connectivity index (χ1n) is 10.2. The molecule has 1 heterocycles. The van der Waals surface area contributed by atoms with Crippen LogP contribution in [0.2, 0.25) is 0 Å². The number of esters is 2. The van der Waals surface area contributed by atoms with Gasteiger partial charge in [-0.15, -0.1) is 10.2 Å². The maximum atomic E-state index is 12.6. The summed E-state index contributed by atoms with van der Waals surface area (Å²) < 4.78 is 11.3. The Bertz CT molecular complexity index is 1210. The second-order valence-electron chi connectivity index (χ2n) is 7.39. The highest BCUT2D eigenvalue weighted by Crippen LogP contribution is 2.25. The van der Waals surface area contributed by atoms with Gasteiger partial charge in [0.15, 0.2) is 11.0 Å². The fraction of sp³-hybridized carbons (Fsp3) is 0.261. The summed E-state index contributed by atoms with van der Waals surface area (Å²) in [6.07, 6.45) is 0. The number of nitrogens with zero attached hydrogens (tertiary/aromatic N) is 4. The number of hydrogen-bond acceptors (Lipinski definition) is 9. The van der Waals surface area contributed by atoms with Crippen LogP contribution < -0.4 is 10.2 Å². The average molecular weight is 484 g/mol. The number of aromatic nitrogens is 3. The molecule has 1 amide bonds. The zero-order chi connectivity index (χ0) is 24.8. The summed E-state index contributed by atoms with van der Waals surface area (Å²) in [4.78, 5) is 38.5. The molecule has 0 aliphatic heterocycles. The van der Waals surface area contributed by atoms with E-state index >= 15 is 0 Å². The Kier molecular flexibility index (Phi) is 7.90. The van der Waals surface area contributed by atoms with Crippen molar-refractivity contribution in [1.29, 1.82) is 0 Å². The number of rotatable bonds is 8. The van der Waals surface area contributed by atoms with Crippen molar-refractivity contribution in [3.63, 3.8) is 0 Å². The first kappa shape index (κ1) is 24.8. The molecule has 0 radical (unpaired) electrons. The molecule has 0 atom stereocenters. The van der Waals surface area contributed by atoms with Crippen molar-refractivity contribution in [3.8, 4) is 11.4 Å². The van der Waals surface area contributed by atoms with Gasteiger partial charge in [-0.3, -0.25) is 4.79 Å². The highest BCUT2D eigenvalue weighted by Gasteiger charge is 2.18. The van der Waals surface area contributed by atoms with Crippen LogP contribution in [0.5, 0.6) is 0 Å². The van der Waals surface area contributed by atoms with Crippen LogP contribution >= 0.6 is 11.8 Å². The molecule has 0 saturated carbocycles. The molecule has 0 fully saturated rings. The van der Waals surface area contributed by atoms with Crippen molar-refractivity contribution < 1.29 is 23.9 Å². The average Bonchev–Trinajstić information content (AvgIpc) is 3.21. The van der Waals surface area contributed by atoms with Crippen LogP contribution in [0.25, 0.3) is 11.4 Å². The summed E-state index contributed by atoms with van der Waals surface area (Å²) in [5.41, 5.74) is 2.44. The molecule has 0 unspecified atom stereocenters. The van der Waals surface area contributed by atoms with Crippen molar-refractivity contribution in [2.75, 3.05) is 44.3 Å². The normalized spacial score (nSPS) is 10.5. The van der Waals surface area contributed by atoms with E-state index in [-0.39, 0.29) is 22.6 Å². The minimum absolute atomic E-state index is 0.00854. The zero-order valence-corrected chi connectivity index (χ0v) is 20.3. The molecule has 0 saturated heterocycles. The van der Waals surface area contributed by atoms with Crippen LogP contribution in [0.3, 0.4) is 0 Å². The lowest BCUT2D eigenvalue weighted by Crippen LogP contribution is -2.18. The predicted molar refractivity (Wildman–Crippen MR) is 129 cm³/mol. The van der Waals surface area contributed by atoms with Gasteiger partial charge in [-0.25, -0.2) is 9.59 Å². The van der Waals surface area contributed by atoms with Gasteiger partial charge >= 0.3 is 11.9 Å². The number of benzene rings is 2. The standard InChI is InChI=1S/C23H25N5O5S/c1-27(2)16-9-6-14(7-10-16)20-25-26-23(28(20)3)34-13-19(29)24-18-12-15(21(30)32-4)8-11-17(18)22(31)33-5/h6-12H,13H2,1-5H3,(H,24,29). The highest BCUT2D eigenvalue weighted by molar-refractivity contribution is 7.99. The third-order valence-corrected chi connectivity index (χ3v) is 5.95. The Balaban J connectivity index is 1.72. The van der Waals surface area contributed by atoms with E-state index in [4.69, 9.17) is 9.47 Å². The van der Waals surface area contributed by atoms with E-state index in [0.29, 0.717) is 11.0 Å². The van der Waals surface area contributed by atoms with E-state index in [1.165, 1.54) is 44.2 Å². The molecule has 1 N–H and O–H groups in total. The van der Waals surface area contributed by atoms with Gasteiger partial charge in [-0.2, -0.15) is 0 Å². The second-order valence-corrected chi connectivity index (χ2v) is 8.33. The Hall–Kier alpha value is -3.86. The van der Waals surface area contributed by atoms with Crippen LogP contribution in [0.4, 0.5) is 11.4 Å². The number of nitrogens with one attached hydrogen (secondary N) is 1. The third-order valence-electron chi connectivity index (χ3n) is 4.93. The van der Waals surface area contributed by atoms with Crippen LogP contribution in [0.1, 0.15) is 20.7 Å². The Morgan fingerprint density at radius 3 is 2.29 bits per heavy atom. The van der Waals surface area contributed by atoms with E-state index < -0.39 is 17.8 Å². The lowest BCUT2D eigenvalue weighted by atomic mass is 10.1. The molecule has 34 heavy (non-hydrogen) atoms. The molecule has 10 nitrogen and oxygen atoms in total. The number of anilines is 2. The van der Waals surface area contributed by atoms with Gasteiger partial charge in [-0.05, 0) is 42.5 Å². The largest absolute Gasteiger partial charge is 0.465 e. The SMILES string of the molecule is COC(=O)c1ccc(C(=O)OC)c(NC(=O)CSc2nnc(-c3ccc(N(C)C)cc3)n2C)c1. The molecular formula is C23H25N5O5S. The molecule has 3 rings (SSSR count). The van der Waals surface area contributed by atoms with Crippen LogP contribution in [0, 0.1) is 0 Å². The number of hydrogen-bond donors (Lipinski definition) is 1. The number of amides is 1. The van der Waals surface area contributed by atoms with Crippen molar-refractivity contribution in [2.45, 2.75) is 5.16 Å². The smallest absolute Gasteiger partial charge is 0.339 e. The van der Waals surface area contributed by atoms with E-state index in [1.54, 1.807) is 4.57 Å². The maximum Gasteiger partial charge on any atom is 0.339 e. The lowest BCUT2D eigenvalue weighted by Gasteiger charge is -2.12. The monoisotopic (exact) mass is 483 g/mol. The summed E-state index contributed by atoms with van der Waals surface area (Å²) in [7, 11) is 8.24. The first-order valence-corrected chi connectivity index (χ1v) is 11.1. The summed E-state index contributed by atoms with van der Waals surface area (Å²) in [6, 6.07) is 12.1. The molecule has 0 aliphatic rings. The summed E-state index contributed by atoms with van der Waals surface area (Å²) in [5.74, 6) is -0.942. The maximum absolute atomic E-state index is 12.6. The van der Waals surface area contributed by atoms with Crippen LogP contribution in [-0.4, -0.2) is 66.7 Å². The van der Waals surface area contributed by atoms with Crippen molar-refractivity contribution in [2.24, 2.45) is 7.05 Å². The third kappa shape index (κ3) is 5.54. The van der Waals surface area contributed by atoms with Crippen LogP contribution in [0.15, 0.2) is 47.6 Å². The minimum Gasteiger partial charge on any atom is -0.465 e. The van der Waals surface area contributed by atoms with Gasteiger partial charge < -0.3 is 24.3 Å². The van der Waals surface area contributed by atoms with E-state index in [2.05, 4.69) is 15.5 Å². The molecule has 0 bridgehead atoms. The Morgan fingerprint density at radius 2 is 1.68 bits per heavy atom. The molecule has 11 heteroatoms. The molecule has 2 aromatic carbocycles. The second kappa shape index (κ2) is 10.8. The number of carbonyl (C=O) groups excluding carboxylic acids is 3. The number of methoxy groups -OCH3 is 2. The van der Waals surface area contributed by atoms with Gasteiger partial charge in [-0.1, -0.05) is 11.8 Å². The molecular weight excluding hydrogens is 458 g/mol. The van der Waals surface area contributed by atoms with Crippen molar-refractivity contribution in [3.05, 3.63) is 53.6 Å². The highest BCUT2D eigenvalue weighted by atomic mass is 32.2. The van der Waals surface area contributed by atoms with Gasteiger partial charge in [0, 0.05) is 32.4 Å². The van der Waals surface area contributed by atoms with E-state index in [9.17, 15) is 14.4 Å². The fourth-order valence-electron chi connectivity index (χ4n) is 3.10. The van der Waals surface area contributed by atoms with Crippen molar-refractivity contribution >= 4 is 41.0 Å². The number of thioether (sulfide) groups is 1. The summed E-state index contributed by atoms with van der Waals surface area (Å²) in [6.45, 7) is 0. The van der Waals surface area contributed by atoms with Gasteiger partial charge in [0.1, 0.15) is 0 Å². The number of ether oxygens (including phenoxy) is 2. The molecule has 0 aliphatic carbocycles. The van der Waals surface area contributed by atoms with Crippen molar-refractivity contribution in [1.82, 2.24) is 14.8 Å². The first-order chi connectivity index (χ1) is 16.2. The summed E-state index contributed by atoms with van der Waals surface area (Å²) in [5, 5.41) is 11.6. The fourth-order valence-corrected chi connectivity index (χ4v) is 3.81. The van der Waals surface area contributed by atoms with Gasteiger partial charge in [0.2, 0.25) is 5.91 Å². The minimum atomic E-state index is -0.641. The van der Waals surface area contributed by atoms with Gasteiger partial charge in [0.25, 0.3) is 0 Å². The number of carbonyl (C=O) groups is 3. The summed E-state index contributed by atoms with van der Waals surface area (Å²) >= 11 is 1.19. The van der Waals surface area contributed by atoms with E-state index in [1.807, 2.05) is 50.3 Å². The predicted octanol–water partition coefficient (Wildman–Crippen LogP) is 2.85. The van der Waals surface area contributed by atoms with Gasteiger partial charge in [0.05, 0.1) is 36.8 Å². The molecule has 0 spiro atoms. The molecule has 3 aromatic rings. The van der Waals surface area contributed by atoms with Crippen LogP contribution in [-0.2, 0) is 21.3 Å². The lowest BCUT2D eigenvalue weighted by molar-refractivity contribution is -0.113. The topological polar surface area (TPSA) is 116 Å². The Morgan fingerprint density at radius 1 is 1.00 bits per heavy atom. The molecule has 1 aromatic heterocycles. The Labute approximate surface area is 201 Å². The zero-order valence-electron chi connectivity index (χ0n) is 19.5. The molecule has 178 valence electrons. The van der Waals surface area contributed by atoms with E-state index in [0.717, 1.165) is 11.3 Å².